The van der Waals surface area contributed by atoms with Gasteiger partial charge in [-0.25, -0.2) is 4.98 Å². The third-order valence-electron chi connectivity index (χ3n) is 3.69. The third-order valence-corrected chi connectivity index (χ3v) is 3.69. The van der Waals surface area contributed by atoms with E-state index in [2.05, 4.69) is 16.0 Å². The quantitative estimate of drug-likeness (QED) is 0.835. The molecule has 1 aromatic rings. The van der Waals surface area contributed by atoms with Gasteiger partial charge in [0.2, 0.25) is 0 Å². The maximum absolute atomic E-state index is 12.3. The van der Waals surface area contributed by atoms with Crippen molar-refractivity contribution in [2.45, 2.75) is 26.3 Å². The summed E-state index contributed by atoms with van der Waals surface area (Å²) >= 11 is 0. The summed E-state index contributed by atoms with van der Waals surface area (Å²) in [5.74, 6) is -0.0154. The van der Waals surface area contributed by atoms with E-state index in [4.69, 9.17) is 5.26 Å². The number of rotatable bonds is 3. The number of nitrogens with zero attached hydrogens (tertiary/aromatic N) is 4. The van der Waals surface area contributed by atoms with Gasteiger partial charge in [-0.15, -0.1) is 0 Å². The molecule has 1 aliphatic heterocycles. The maximum Gasteiger partial charge on any atom is 0.272 e. The van der Waals surface area contributed by atoms with Gasteiger partial charge in [0.25, 0.3) is 5.91 Å². The monoisotopic (exact) mass is 272 g/mol. The summed E-state index contributed by atoms with van der Waals surface area (Å²) in [5, 5.41) is 9.08. The average Bonchev–Trinajstić information content (AvgIpc) is 2.48. The molecule has 1 aliphatic rings. The molecular weight excluding hydrogens is 252 g/mol. The predicted molar refractivity (Wildman–Crippen MR) is 76.1 cm³/mol. The fraction of sp³-hybridized carbons (Fsp3) is 0.533. The lowest BCUT2D eigenvalue weighted by Gasteiger charge is -2.36. The molecule has 0 aliphatic carbocycles. The van der Waals surface area contributed by atoms with Crippen LogP contribution in [-0.2, 0) is 0 Å². The van der Waals surface area contributed by atoms with Crippen LogP contribution in [0.15, 0.2) is 18.2 Å². The van der Waals surface area contributed by atoms with Crippen molar-refractivity contribution in [3.8, 4) is 6.07 Å². The normalized spacial score (nSPS) is 17.6. The van der Waals surface area contributed by atoms with E-state index in [1.807, 2.05) is 30.9 Å². The van der Waals surface area contributed by atoms with Gasteiger partial charge in [0.05, 0.1) is 12.1 Å². The molecule has 1 unspecified atom stereocenters. The van der Waals surface area contributed by atoms with E-state index in [1.165, 1.54) is 0 Å². The molecule has 0 aromatic carbocycles. The molecule has 0 radical (unpaired) electrons. The molecule has 106 valence electrons. The first-order valence-corrected chi connectivity index (χ1v) is 7.02. The van der Waals surface area contributed by atoms with Crippen LogP contribution in [0.25, 0.3) is 0 Å². The lowest BCUT2D eigenvalue weighted by molar-refractivity contribution is 0.0599. The van der Waals surface area contributed by atoms with Crippen molar-refractivity contribution >= 4 is 5.91 Å². The van der Waals surface area contributed by atoms with Gasteiger partial charge in [-0.05, 0) is 25.5 Å². The fourth-order valence-corrected chi connectivity index (χ4v) is 2.49. The first kappa shape index (κ1) is 14.5. The van der Waals surface area contributed by atoms with E-state index in [-0.39, 0.29) is 11.9 Å². The van der Waals surface area contributed by atoms with Gasteiger partial charge in [0.15, 0.2) is 0 Å². The molecule has 1 saturated heterocycles. The summed E-state index contributed by atoms with van der Waals surface area (Å²) in [7, 11) is 0. The summed E-state index contributed by atoms with van der Waals surface area (Å²) in [6.45, 7) is 6.72. The van der Waals surface area contributed by atoms with Crippen LogP contribution in [0.1, 0.15) is 29.5 Å². The topological polar surface area (TPSA) is 60.2 Å². The molecule has 20 heavy (non-hydrogen) atoms. The van der Waals surface area contributed by atoms with Crippen molar-refractivity contribution in [2.24, 2.45) is 0 Å². The lowest BCUT2D eigenvalue weighted by Crippen LogP contribution is -2.51. The van der Waals surface area contributed by atoms with E-state index >= 15 is 0 Å². The number of piperazine rings is 1. The highest BCUT2D eigenvalue weighted by Gasteiger charge is 2.26. The van der Waals surface area contributed by atoms with Crippen LogP contribution in [0.3, 0.4) is 0 Å². The molecule has 2 heterocycles. The Kier molecular flexibility index (Phi) is 4.70. The Balaban J connectivity index is 1.97. The minimum absolute atomic E-state index is 0.0154. The Morgan fingerprint density at radius 3 is 2.65 bits per heavy atom. The molecule has 1 amide bonds. The highest BCUT2D eigenvalue weighted by molar-refractivity contribution is 5.92. The van der Waals surface area contributed by atoms with Crippen molar-refractivity contribution in [2.75, 3.05) is 26.2 Å². The average molecular weight is 272 g/mol. The summed E-state index contributed by atoms with van der Waals surface area (Å²) in [4.78, 5) is 20.6. The summed E-state index contributed by atoms with van der Waals surface area (Å²) < 4.78 is 0. The minimum atomic E-state index is -0.0376. The second-order valence-corrected chi connectivity index (χ2v) is 5.05. The zero-order valence-electron chi connectivity index (χ0n) is 12.0. The van der Waals surface area contributed by atoms with Gasteiger partial charge in [-0.1, -0.05) is 13.0 Å². The summed E-state index contributed by atoms with van der Waals surface area (Å²) in [6, 6.07) is 7.77. The van der Waals surface area contributed by atoms with Crippen LogP contribution in [0, 0.1) is 18.3 Å². The number of carbonyl (C=O) groups is 1. The fourth-order valence-electron chi connectivity index (χ4n) is 2.49. The molecule has 0 spiro atoms. The molecule has 0 bridgehead atoms. The molecule has 0 N–H and O–H groups in total. The van der Waals surface area contributed by atoms with Crippen molar-refractivity contribution in [1.82, 2.24) is 14.8 Å². The second-order valence-electron chi connectivity index (χ2n) is 5.05. The predicted octanol–water partition coefficient (Wildman–Crippen LogP) is 1.45. The molecule has 1 aromatic heterocycles. The molecule has 5 heteroatoms. The maximum atomic E-state index is 12.3. The molecule has 2 rings (SSSR count). The number of amides is 1. The summed E-state index contributed by atoms with van der Waals surface area (Å²) in [6.07, 6.45) is 0.823. The molecular formula is C15H20N4O. The molecule has 0 saturated carbocycles. The highest BCUT2D eigenvalue weighted by Crippen LogP contribution is 2.11. The van der Waals surface area contributed by atoms with E-state index < -0.39 is 0 Å². The minimum Gasteiger partial charge on any atom is -0.335 e. The van der Waals surface area contributed by atoms with E-state index in [0.717, 1.165) is 25.2 Å². The number of pyridine rings is 1. The Morgan fingerprint density at radius 2 is 2.10 bits per heavy atom. The Hall–Kier alpha value is -1.93. The lowest BCUT2D eigenvalue weighted by atomic mass is 10.1. The zero-order chi connectivity index (χ0) is 14.5. The first-order chi connectivity index (χ1) is 9.65. The van der Waals surface area contributed by atoms with Crippen LogP contribution < -0.4 is 0 Å². The van der Waals surface area contributed by atoms with Crippen molar-refractivity contribution in [3.05, 3.63) is 29.6 Å². The molecule has 5 nitrogen and oxygen atoms in total. The number of carbonyl (C=O) groups excluding carboxylic acids is 1. The largest absolute Gasteiger partial charge is 0.335 e. The van der Waals surface area contributed by atoms with Crippen LogP contribution in [-0.4, -0.2) is 52.9 Å². The third kappa shape index (κ3) is 3.14. The van der Waals surface area contributed by atoms with Gasteiger partial charge in [-0.3, -0.25) is 9.69 Å². The first-order valence-electron chi connectivity index (χ1n) is 7.02. The standard InChI is InChI=1S/C15H20N4O/c1-3-13(11-16)18-7-9-19(10-8-18)15(20)14-6-4-5-12(2)17-14/h4-6,13H,3,7-10H2,1-2H3. The Bertz CT molecular complexity index is 515. The van der Waals surface area contributed by atoms with Crippen LogP contribution >= 0.6 is 0 Å². The number of aryl methyl sites for hydroxylation is 1. The summed E-state index contributed by atoms with van der Waals surface area (Å²) in [5.41, 5.74) is 1.36. The van der Waals surface area contributed by atoms with Crippen LogP contribution in [0.4, 0.5) is 0 Å². The van der Waals surface area contributed by atoms with Gasteiger partial charge < -0.3 is 4.90 Å². The highest BCUT2D eigenvalue weighted by atomic mass is 16.2. The zero-order valence-corrected chi connectivity index (χ0v) is 12.0. The molecule has 1 fully saturated rings. The van der Waals surface area contributed by atoms with Gasteiger partial charge in [0, 0.05) is 31.9 Å². The van der Waals surface area contributed by atoms with E-state index in [1.54, 1.807) is 6.07 Å². The number of nitriles is 1. The number of hydrogen-bond donors (Lipinski definition) is 0. The van der Waals surface area contributed by atoms with Crippen molar-refractivity contribution in [3.63, 3.8) is 0 Å². The van der Waals surface area contributed by atoms with Gasteiger partial charge in [0.1, 0.15) is 5.69 Å². The van der Waals surface area contributed by atoms with Crippen LogP contribution in [0.2, 0.25) is 0 Å². The smallest absolute Gasteiger partial charge is 0.272 e. The Labute approximate surface area is 119 Å². The van der Waals surface area contributed by atoms with Crippen LogP contribution in [0.5, 0.6) is 0 Å². The molecule has 1 atom stereocenters. The van der Waals surface area contributed by atoms with E-state index in [9.17, 15) is 4.79 Å². The van der Waals surface area contributed by atoms with Gasteiger partial charge >= 0.3 is 0 Å². The van der Waals surface area contributed by atoms with Gasteiger partial charge in [-0.2, -0.15) is 5.26 Å². The Morgan fingerprint density at radius 1 is 1.40 bits per heavy atom. The SMILES string of the molecule is CCC(C#N)N1CCN(C(=O)c2cccc(C)n2)CC1. The number of aromatic nitrogens is 1. The van der Waals surface area contributed by atoms with Crippen molar-refractivity contribution < 1.29 is 4.79 Å². The number of hydrogen-bond acceptors (Lipinski definition) is 4. The van der Waals surface area contributed by atoms with E-state index in [0.29, 0.717) is 18.8 Å². The van der Waals surface area contributed by atoms with Crippen molar-refractivity contribution in [1.29, 1.82) is 5.26 Å². The second kappa shape index (κ2) is 6.49.